The first kappa shape index (κ1) is 19.3. The average molecular weight is 370 g/mol. The minimum atomic E-state index is -0.671. The molecule has 144 valence electrons. The monoisotopic (exact) mass is 370 g/mol. The summed E-state index contributed by atoms with van der Waals surface area (Å²) in [4.78, 5) is 12.8. The molecule has 1 aliphatic heterocycles. The van der Waals surface area contributed by atoms with Crippen LogP contribution >= 0.6 is 0 Å². The van der Waals surface area contributed by atoms with Crippen LogP contribution in [0.4, 0.5) is 5.69 Å². The van der Waals surface area contributed by atoms with Crippen LogP contribution in [0.3, 0.4) is 0 Å². The minimum Gasteiger partial charge on any atom is -0.484 e. The van der Waals surface area contributed by atoms with E-state index < -0.39 is 11.0 Å². The number of para-hydroxylation sites is 2. The Bertz CT molecular complexity index is 730. The first-order valence-electron chi connectivity index (χ1n) is 9.42. The molecule has 0 saturated carbocycles. The third-order valence-corrected chi connectivity index (χ3v) is 5.04. The maximum absolute atomic E-state index is 11.0. The Morgan fingerprint density at radius 1 is 1.11 bits per heavy atom. The predicted molar refractivity (Wildman–Crippen MR) is 104 cm³/mol. The van der Waals surface area contributed by atoms with Crippen molar-refractivity contribution in [2.45, 2.75) is 25.4 Å². The van der Waals surface area contributed by atoms with Gasteiger partial charge in [0.1, 0.15) is 12.7 Å². The molecule has 27 heavy (non-hydrogen) atoms. The Hall–Kier alpha value is -2.44. The van der Waals surface area contributed by atoms with E-state index in [0.717, 1.165) is 32.4 Å². The number of rotatable bonds is 8. The molecule has 1 N–H and O–H groups in total. The summed E-state index contributed by atoms with van der Waals surface area (Å²) in [7, 11) is 0. The minimum absolute atomic E-state index is 0.0504. The molecule has 1 unspecified atom stereocenters. The van der Waals surface area contributed by atoms with Crippen LogP contribution in [-0.2, 0) is 6.42 Å². The van der Waals surface area contributed by atoms with E-state index in [2.05, 4.69) is 29.2 Å². The number of nitrogens with zero attached hydrogens (tertiary/aromatic N) is 2. The Morgan fingerprint density at radius 2 is 1.78 bits per heavy atom. The molecule has 0 amide bonds. The lowest BCUT2D eigenvalue weighted by Crippen LogP contribution is -2.41. The van der Waals surface area contributed by atoms with E-state index in [1.807, 2.05) is 6.07 Å². The highest BCUT2D eigenvalue weighted by Crippen LogP contribution is 2.26. The van der Waals surface area contributed by atoms with Crippen molar-refractivity contribution in [1.82, 2.24) is 4.90 Å². The summed E-state index contributed by atoms with van der Waals surface area (Å²) in [5, 5.41) is 21.3. The first-order chi connectivity index (χ1) is 13.1. The fraction of sp³-hybridized carbons (Fsp3) is 0.429. The first-order valence-corrected chi connectivity index (χ1v) is 9.42. The quantitative estimate of drug-likeness (QED) is 0.570. The van der Waals surface area contributed by atoms with Crippen LogP contribution in [0.15, 0.2) is 54.6 Å². The summed E-state index contributed by atoms with van der Waals surface area (Å²) in [6, 6.07) is 16.8. The topological polar surface area (TPSA) is 75.8 Å². The Morgan fingerprint density at radius 3 is 2.48 bits per heavy atom. The zero-order valence-electron chi connectivity index (χ0n) is 15.4. The molecule has 0 radical (unpaired) electrons. The largest absolute Gasteiger partial charge is 0.484 e. The van der Waals surface area contributed by atoms with Gasteiger partial charge >= 0.3 is 5.69 Å². The van der Waals surface area contributed by atoms with E-state index in [1.165, 1.54) is 11.6 Å². The van der Waals surface area contributed by atoms with Gasteiger partial charge in [0.05, 0.1) is 4.92 Å². The van der Waals surface area contributed by atoms with Gasteiger partial charge in [-0.05, 0) is 49.9 Å². The van der Waals surface area contributed by atoms with Gasteiger partial charge in [0.2, 0.25) is 0 Å². The zero-order valence-corrected chi connectivity index (χ0v) is 15.4. The normalized spacial score (nSPS) is 16.8. The molecule has 1 atom stereocenters. The van der Waals surface area contributed by atoms with Crippen LogP contribution in [0.25, 0.3) is 0 Å². The van der Waals surface area contributed by atoms with E-state index in [9.17, 15) is 15.2 Å². The lowest BCUT2D eigenvalue weighted by molar-refractivity contribution is -0.385. The number of hydrogen-bond donors (Lipinski definition) is 1. The molecule has 1 heterocycles. The van der Waals surface area contributed by atoms with Crippen molar-refractivity contribution in [3.8, 4) is 5.75 Å². The molecular formula is C21H26N2O4. The molecule has 1 saturated heterocycles. The van der Waals surface area contributed by atoms with Crippen molar-refractivity contribution in [2.75, 3.05) is 26.2 Å². The van der Waals surface area contributed by atoms with Crippen LogP contribution in [0.1, 0.15) is 18.4 Å². The van der Waals surface area contributed by atoms with Crippen molar-refractivity contribution in [3.05, 3.63) is 70.3 Å². The summed E-state index contributed by atoms with van der Waals surface area (Å²) in [6.45, 7) is 2.49. The van der Waals surface area contributed by atoms with E-state index in [1.54, 1.807) is 18.2 Å². The van der Waals surface area contributed by atoms with Crippen molar-refractivity contribution in [3.63, 3.8) is 0 Å². The molecule has 2 aromatic carbocycles. The molecule has 0 aliphatic carbocycles. The third kappa shape index (κ3) is 5.77. The van der Waals surface area contributed by atoms with Crippen LogP contribution < -0.4 is 4.74 Å². The molecule has 1 fully saturated rings. The number of aliphatic hydroxyl groups excluding tert-OH is 1. The van der Waals surface area contributed by atoms with E-state index in [0.29, 0.717) is 12.5 Å². The molecule has 6 heteroatoms. The number of likely N-dealkylation sites (tertiary alicyclic amines) is 1. The van der Waals surface area contributed by atoms with Gasteiger partial charge in [-0.3, -0.25) is 10.1 Å². The molecule has 0 bridgehead atoms. The van der Waals surface area contributed by atoms with Crippen LogP contribution in [0.5, 0.6) is 5.75 Å². The van der Waals surface area contributed by atoms with E-state index >= 15 is 0 Å². The number of piperidine rings is 1. The maximum atomic E-state index is 11.0. The molecule has 0 aromatic heterocycles. The fourth-order valence-electron chi connectivity index (χ4n) is 3.59. The summed E-state index contributed by atoms with van der Waals surface area (Å²) < 4.78 is 5.48. The highest BCUT2D eigenvalue weighted by atomic mass is 16.6. The fourth-order valence-corrected chi connectivity index (χ4v) is 3.59. The van der Waals surface area contributed by atoms with E-state index in [4.69, 9.17) is 4.74 Å². The number of aliphatic hydroxyl groups is 1. The predicted octanol–water partition coefficient (Wildman–Crippen LogP) is 3.29. The third-order valence-electron chi connectivity index (χ3n) is 5.04. The number of ether oxygens (including phenoxy) is 1. The molecule has 0 spiro atoms. The number of nitro benzene ring substituents is 1. The highest BCUT2D eigenvalue weighted by molar-refractivity contribution is 5.45. The Balaban J connectivity index is 1.41. The summed E-state index contributed by atoms with van der Waals surface area (Å²) in [6.07, 6.45) is 2.67. The molecule has 3 rings (SSSR count). The second-order valence-corrected chi connectivity index (χ2v) is 7.12. The summed E-state index contributed by atoms with van der Waals surface area (Å²) >= 11 is 0. The van der Waals surface area contributed by atoms with Crippen molar-refractivity contribution in [1.29, 1.82) is 0 Å². The Labute approximate surface area is 159 Å². The van der Waals surface area contributed by atoms with Crippen LogP contribution in [0.2, 0.25) is 0 Å². The van der Waals surface area contributed by atoms with Gasteiger partial charge < -0.3 is 14.7 Å². The van der Waals surface area contributed by atoms with Gasteiger partial charge in [-0.2, -0.15) is 0 Å². The summed E-state index contributed by atoms with van der Waals surface area (Å²) in [5.74, 6) is 0.882. The molecule has 2 aromatic rings. The Kier molecular flexibility index (Phi) is 6.79. The van der Waals surface area contributed by atoms with Crippen molar-refractivity contribution in [2.24, 2.45) is 5.92 Å². The molecular weight excluding hydrogens is 344 g/mol. The average Bonchev–Trinajstić information content (AvgIpc) is 2.69. The number of benzene rings is 2. The van der Waals surface area contributed by atoms with Gasteiger partial charge in [-0.1, -0.05) is 42.5 Å². The number of β-amino-alcohol motifs (C(OH)–C–C–N with tert-alkyl or cyclic N) is 1. The SMILES string of the molecule is O=[N+]([O-])c1ccccc1OCC(O)CN1CCC(Cc2ccccc2)CC1. The smallest absolute Gasteiger partial charge is 0.310 e. The van der Waals surface area contributed by atoms with Gasteiger partial charge in [0.15, 0.2) is 5.75 Å². The summed E-state index contributed by atoms with van der Waals surface area (Å²) in [5.41, 5.74) is 1.31. The van der Waals surface area contributed by atoms with Crippen LogP contribution in [-0.4, -0.2) is 47.3 Å². The molecule has 6 nitrogen and oxygen atoms in total. The maximum Gasteiger partial charge on any atom is 0.310 e. The lowest BCUT2D eigenvalue weighted by atomic mass is 9.90. The zero-order chi connectivity index (χ0) is 19.1. The second kappa shape index (κ2) is 9.48. The van der Waals surface area contributed by atoms with Crippen LogP contribution in [0, 0.1) is 16.0 Å². The van der Waals surface area contributed by atoms with Crippen molar-refractivity contribution >= 4 is 5.69 Å². The standard InChI is InChI=1S/C21H26N2O4/c24-19(16-27-21-9-5-4-8-20(21)23(25)26)15-22-12-10-18(11-13-22)14-17-6-2-1-3-7-17/h1-9,18-19,24H,10-16H2. The van der Waals surface area contributed by atoms with Gasteiger partial charge in [0.25, 0.3) is 0 Å². The highest BCUT2D eigenvalue weighted by Gasteiger charge is 2.22. The lowest BCUT2D eigenvalue weighted by Gasteiger charge is -2.33. The second-order valence-electron chi connectivity index (χ2n) is 7.12. The number of nitro groups is 1. The van der Waals surface area contributed by atoms with Gasteiger partial charge in [0, 0.05) is 12.6 Å². The molecule has 1 aliphatic rings. The van der Waals surface area contributed by atoms with Crippen molar-refractivity contribution < 1.29 is 14.8 Å². The van der Waals surface area contributed by atoms with E-state index in [-0.39, 0.29) is 18.0 Å². The van der Waals surface area contributed by atoms with Gasteiger partial charge in [-0.25, -0.2) is 0 Å². The van der Waals surface area contributed by atoms with Gasteiger partial charge in [-0.15, -0.1) is 0 Å². The number of hydrogen-bond acceptors (Lipinski definition) is 5.